The fourth-order valence-electron chi connectivity index (χ4n) is 4.29. The molecule has 1 aliphatic carbocycles. The molecule has 1 N–H and O–H groups in total. The van der Waals surface area contributed by atoms with E-state index in [-0.39, 0.29) is 23.8 Å². The number of ketones is 1. The molecule has 0 radical (unpaired) electrons. The molecule has 2 rings (SSSR count). The van der Waals surface area contributed by atoms with E-state index in [4.69, 9.17) is 4.74 Å². The minimum Gasteiger partial charge on any atom is -0.378 e. The van der Waals surface area contributed by atoms with Crippen molar-refractivity contribution in [3.8, 4) is 0 Å². The van der Waals surface area contributed by atoms with Gasteiger partial charge < -0.3 is 19.9 Å². The van der Waals surface area contributed by atoms with Crippen LogP contribution in [0.5, 0.6) is 0 Å². The number of piperidine rings is 1. The second kappa shape index (κ2) is 10.9. The number of likely N-dealkylation sites (tertiary alicyclic amines) is 1. The molecule has 2 aliphatic rings. The normalized spacial score (nSPS) is 25.5. The predicted octanol–water partition coefficient (Wildman–Crippen LogP) is 0.812. The van der Waals surface area contributed by atoms with Gasteiger partial charge in [0.25, 0.3) is 0 Å². The van der Waals surface area contributed by atoms with Crippen molar-refractivity contribution in [2.24, 2.45) is 11.8 Å². The van der Waals surface area contributed by atoms with Gasteiger partial charge in [-0.15, -0.1) is 0 Å². The number of likely N-dealkylation sites (N-methyl/N-ethyl adjacent to an activating group) is 1. The number of nitrogens with one attached hydrogen (secondary N) is 1. The molecular weight excluding hydrogens is 360 g/mol. The van der Waals surface area contributed by atoms with Crippen LogP contribution in [0.1, 0.15) is 32.6 Å². The zero-order valence-electron chi connectivity index (χ0n) is 17.8. The highest BCUT2D eigenvalue weighted by Gasteiger charge is 2.41. The van der Waals surface area contributed by atoms with Crippen molar-refractivity contribution in [3.63, 3.8) is 0 Å². The first kappa shape index (κ1) is 22.8. The Morgan fingerprint density at radius 3 is 2.71 bits per heavy atom. The SMILES string of the molecule is CCN(C(=O)NCCOCCN(C)C)C(=O)[C@@H]1C[C@@H]2CC(=O)CC[C@H]2N(C)C1. The molecule has 0 aromatic rings. The molecule has 1 aliphatic heterocycles. The number of hydrogen-bond acceptors (Lipinski definition) is 6. The van der Waals surface area contributed by atoms with Crippen molar-refractivity contribution in [3.05, 3.63) is 0 Å². The van der Waals surface area contributed by atoms with Gasteiger partial charge in [-0.1, -0.05) is 0 Å². The molecule has 0 unspecified atom stereocenters. The Morgan fingerprint density at radius 1 is 1.29 bits per heavy atom. The molecule has 1 saturated heterocycles. The largest absolute Gasteiger partial charge is 0.378 e. The number of amides is 3. The topological polar surface area (TPSA) is 82.2 Å². The van der Waals surface area contributed by atoms with Crippen molar-refractivity contribution in [2.45, 2.75) is 38.6 Å². The fraction of sp³-hybridized carbons (Fsp3) is 0.850. The molecule has 8 heteroatoms. The summed E-state index contributed by atoms with van der Waals surface area (Å²) in [6, 6.07) is 0.0122. The highest BCUT2D eigenvalue weighted by molar-refractivity contribution is 5.95. The summed E-state index contributed by atoms with van der Waals surface area (Å²) in [5.41, 5.74) is 0. The van der Waals surface area contributed by atoms with Gasteiger partial charge in [-0.3, -0.25) is 14.5 Å². The molecule has 3 atom stereocenters. The maximum atomic E-state index is 13.0. The number of carbonyl (C=O) groups excluding carboxylic acids is 3. The molecule has 8 nitrogen and oxygen atoms in total. The molecule has 0 aromatic carbocycles. The fourth-order valence-corrected chi connectivity index (χ4v) is 4.29. The van der Waals surface area contributed by atoms with Crippen molar-refractivity contribution in [2.75, 3.05) is 60.5 Å². The number of rotatable bonds is 8. The van der Waals surface area contributed by atoms with E-state index in [9.17, 15) is 14.4 Å². The van der Waals surface area contributed by atoms with Crippen LogP contribution in [0.15, 0.2) is 0 Å². The van der Waals surface area contributed by atoms with E-state index >= 15 is 0 Å². The highest BCUT2D eigenvalue weighted by atomic mass is 16.5. The van der Waals surface area contributed by atoms with Crippen LogP contribution in [0.25, 0.3) is 0 Å². The summed E-state index contributed by atoms with van der Waals surface area (Å²) in [7, 11) is 5.97. The Morgan fingerprint density at radius 2 is 2.04 bits per heavy atom. The summed E-state index contributed by atoms with van der Waals surface area (Å²) >= 11 is 0. The van der Waals surface area contributed by atoms with E-state index in [1.165, 1.54) is 4.90 Å². The lowest BCUT2D eigenvalue weighted by molar-refractivity contribution is -0.138. The summed E-state index contributed by atoms with van der Waals surface area (Å²) in [4.78, 5) is 42.8. The van der Waals surface area contributed by atoms with Crippen molar-refractivity contribution >= 4 is 17.7 Å². The smallest absolute Gasteiger partial charge is 0.324 e. The molecule has 1 saturated carbocycles. The van der Waals surface area contributed by atoms with Gasteiger partial charge >= 0.3 is 6.03 Å². The first-order valence-electron chi connectivity index (χ1n) is 10.4. The molecule has 0 spiro atoms. The molecule has 0 bridgehead atoms. The van der Waals surface area contributed by atoms with Crippen LogP contribution in [-0.4, -0.2) is 99.0 Å². The average Bonchev–Trinajstić information content (AvgIpc) is 2.64. The van der Waals surface area contributed by atoms with Crippen LogP contribution in [0, 0.1) is 11.8 Å². The zero-order valence-corrected chi connectivity index (χ0v) is 17.8. The lowest BCUT2D eigenvalue weighted by Gasteiger charge is -2.45. The Kier molecular flexibility index (Phi) is 8.85. The van der Waals surface area contributed by atoms with Crippen molar-refractivity contribution in [1.29, 1.82) is 0 Å². The first-order chi connectivity index (χ1) is 13.3. The van der Waals surface area contributed by atoms with Crippen LogP contribution in [-0.2, 0) is 14.3 Å². The molecule has 2 fully saturated rings. The lowest BCUT2D eigenvalue weighted by Crippen LogP contribution is -2.55. The maximum absolute atomic E-state index is 13.0. The van der Waals surface area contributed by atoms with E-state index in [1.54, 1.807) is 0 Å². The van der Waals surface area contributed by atoms with Gasteiger partial charge in [0.1, 0.15) is 5.78 Å². The molecule has 0 aromatic heterocycles. The lowest BCUT2D eigenvalue weighted by atomic mass is 9.74. The summed E-state index contributed by atoms with van der Waals surface area (Å²) in [5.74, 6) is 0.138. The van der Waals surface area contributed by atoms with Gasteiger partial charge in [0.15, 0.2) is 0 Å². The number of Topliss-reactive ketones (excluding diaryl/α,β-unsaturated/α-hetero) is 1. The van der Waals surface area contributed by atoms with E-state index in [1.807, 2.05) is 33.0 Å². The standard InChI is InChI=1S/C20H36N4O4/c1-5-24(20(27)21-8-10-28-11-9-22(2)3)19(26)16-12-15-13-17(25)6-7-18(15)23(4)14-16/h15-16,18H,5-14H2,1-4H3,(H,21,27)/t15-,16-,18-/m1/s1. The Hall–Kier alpha value is -1.51. The summed E-state index contributed by atoms with van der Waals surface area (Å²) in [5, 5.41) is 2.78. The van der Waals surface area contributed by atoms with Gasteiger partial charge in [0.2, 0.25) is 5.91 Å². The summed E-state index contributed by atoms with van der Waals surface area (Å²) < 4.78 is 5.47. The first-order valence-corrected chi connectivity index (χ1v) is 10.4. The zero-order chi connectivity index (χ0) is 20.7. The Bertz CT molecular complexity index is 554. The number of fused-ring (bicyclic) bond motifs is 1. The van der Waals surface area contributed by atoms with Crippen LogP contribution >= 0.6 is 0 Å². The van der Waals surface area contributed by atoms with E-state index in [0.29, 0.717) is 63.9 Å². The molecule has 1 heterocycles. The van der Waals surface area contributed by atoms with Gasteiger partial charge in [-0.2, -0.15) is 0 Å². The van der Waals surface area contributed by atoms with Gasteiger partial charge in [-0.05, 0) is 46.8 Å². The second-order valence-electron chi connectivity index (χ2n) is 8.21. The minimum atomic E-state index is -0.367. The predicted molar refractivity (Wildman–Crippen MR) is 107 cm³/mol. The van der Waals surface area contributed by atoms with Crippen molar-refractivity contribution < 1.29 is 19.1 Å². The van der Waals surface area contributed by atoms with Gasteiger partial charge in [0.05, 0.1) is 19.1 Å². The third-order valence-corrected chi connectivity index (χ3v) is 5.80. The van der Waals surface area contributed by atoms with Gasteiger partial charge in [-0.25, -0.2) is 4.79 Å². The van der Waals surface area contributed by atoms with Crippen LogP contribution in [0.4, 0.5) is 4.79 Å². The number of nitrogens with zero attached hydrogens (tertiary/aromatic N) is 3. The highest BCUT2D eigenvalue weighted by Crippen LogP contribution is 2.36. The molecule has 28 heavy (non-hydrogen) atoms. The number of urea groups is 1. The molecular formula is C20H36N4O4. The summed E-state index contributed by atoms with van der Waals surface area (Å²) in [6.45, 7) is 5.01. The maximum Gasteiger partial charge on any atom is 0.324 e. The Balaban J connectivity index is 1.82. The summed E-state index contributed by atoms with van der Waals surface area (Å²) in [6.07, 6.45) is 2.77. The number of hydrogen-bond donors (Lipinski definition) is 1. The minimum absolute atomic E-state index is 0.142. The Labute approximate surface area is 168 Å². The second-order valence-corrected chi connectivity index (χ2v) is 8.21. The van der Waals surface area contributed by atoms with Crippen LogP contribution in [0.3, 0.4) is 0 Å². The third-order valence-electron chi connectivity index (χ3n) is 5.80. The van der Waals surface area contributed by atoms with E-state index in [2.05, 4.69) is 10.2 Å². The van der Waals surface area contributed by atoms with E-state index in [0.717, 1.165) is 13.0 Å². The number of ether oxygens (including phenoxy) is 1. The quantitative estimate of drug-likeness (QED) is 0.612. The molecule has 160 valence electrons. The van der Waals surface area contributed by atoms with Crippen LogP contribution < -0.4 is 5.32 Å². The number of imide groups is 1. The number of carbonyl (C=O) groups is 3. The van der Waals surface area contributed by atoms with Crippen molar-refractivity contribution in [1.82, 2.24) is 20.0 Å². The monoisotopic (exact) mass is 396 g/mol. The third kappa shape index (κ3) is 6.25. The van der Waals surface area contributed by atoms with Crippen LogP contribution in [0.2, 0.25) is 0 Å². The molecule has 3 amide bonds. The average molecular weight is 397 g/mol. The van der Waals surface area contributed by atoms with Gasteiger partial charge in [0, 0.05) is 45.1 Å². The van der Waals surface area contributed by atoms with E-state index < -0.39 is 0 Å².